The van der Waals surface area contributed by atoms with E-state index in [0.29, 0.717) is 0 Å². The number of nitrogens with one attached hydrogen (secondary N) is 1. The predicted molar refractivity (Wildman–Crippen MR) is 93.5 cm³/mol. The fourth-order valence-electron chi connectivity index (χ4n) is 2.12. The highest BCUT2D eigenvalue weighted by molar-refractivity contribution is 7.14. The minimum atomic E-state index is 0.822. The predicted octanol–water partition coefficient (Wildman–Crippen LogP) is 4.55. The smallest absolute Gasteiger partial charge is 0.151 e. The molecule has 0 unspecified atom stereocenters. The van der Waals surface area contributed by atoms with E-state index in [1.807, 2.05) is 31.3 Å². The second-order valence-corrected chi connectivity index (χ2v) is 6.85. The molecule has 0 bridgehead atoms. The number of thiophene rings is 2. The zero-order valence-corrected chi connectivity index (χ0v) is 13.7. The first-order valence-electron chi connectivity index (χ1n) is 6.71. The van der Waals surface area contributed by atoms with Gasteiger partial charge in [-0.2, -0.15) is 0 Å². The zero-order chi connectivity index (χ0) is 14.7. The molecule has 5 heteroatoms. The number of aromatic nitrogens is 1. The fraction of sp³-hybridized carbons (Fsp3) is 0.188. The van der Waals surface area contributed by atoms with Gasteiger partial charge in [-0.15, -0.1) is 22.7 Å². The summed E-state index contributed by atoms with van der Waals surface area (Å²) in [4.78, 5) is 9.08. The summed E-state index contributed by atoms with van der Waals surface area (Å²) in [5, 5.41) is 7.82. The Morgan fingerprint density at radius 1 is 1.19 bits per heavy atom. The summed E-state index contributed by atoms with van der Waals surface area (Å²) in [5.41, 5.74) is 2.37. The average molecular weight is 315 g/mol. The molecule has 0 radical (unpaired) electrons. The summed E-state index contributed by atoms with van der Waals surface area (Å²) < 4.78 is 0. The Morgan fingerprint density at radius 2 is 2.10 bits per heavy atom. The Balaban J connectivity index is 1.71. The molecule has 0 saturated heterocycles. The van der Waals surface area contributed by atoms with Crippen molar-refractivity contribution in [3.63, 3.8) is 0 Å². The maximum Gasteiger partial charge on any atom is 0.151 e. The van der Waals surface area contributed by atoms with Crippen LogP contribution in [0.2, 0.25) is 0 Å². The maximum absolute atomic E-state index is 4.40. The minimum absolute atomic E-state index is 0.822. The van der Waals surface area contributed by atoms with Crippen LogP contribution < -0.4 is 10.2 Å². The van der Waals surface area contributed by atoms with Crippen molar-refractivity contribution in [3.05, 3.63) is 52.2 Å². The molecule has 21 heavy (non-hydrogen) atoms. The van der Waals surface area contributed by atoms with Crippen molar-refractivity contribution in [1.29, 1.82) is 0 Å². The van der Waals surface area contributed by atoms with E-state index < -0.39 is 0 Å². The lowest BCUT2D eigenvalue weighted by Gasteiger charge is -2.16. The molecule has 3 aromatic rings. The summed E-state index contributed by atoms with van der Waals surface area (Å²) in [6, 6.07) is 10.5. The highest BCUT2D eigenvalue weighted by Gasteiger charge is 2.07. The van der Waals surface area contributed by atoms with Crippen molar-refractivity contribution >= 4 is 34.2 Å². The quantitative estimate of drug-likeness (QED) is 0.748. The van der Waals surface area contributed by atoms with Gasteiger partial charge in [0.2, 0.25) is 0 Å². The lowest BCUT2D eigenvalue weighted by atomic mass is 10.2. The lowest BCUT2D eigenvalue weighted by Crippen LogP contribution is -2.13. The summed E-state index contributed by atoms with van der Waals surface area (Å²) in [7, 11) is 4.01. The summed E-state index contributed by atoms with van der Waals surface area (Å²) in [5.74, 6) is 0.965. The third kappa shape index (κ3) is 3.25. The Labute approximate surface area is 132 Å². The Morgan fingerprint density at radius 3 is 2.86 bits per heavy atom. The summed E-state index contributed by atoms with van der Waals surface area (Å²) >= 11 is 3.57. The molecule has 3 nitrogen and oxygen atoms in total. The van der Waals surface area contributed by atoms with Gasteiger partial charge in [-0.25, -0.2) is 4.98 Å². The van der Waals surface area contributed by atoms with E-state index in [2.05, 4.69) is 45.3 Å². The molecule has 108 valence electrons. The van der Waals surface area contributed by atoms with Crippen molar-refractivity contribution in [2.75, 3.05) is 24.3 Å². The number of pyridine rings is 1. The SMILES string of the molecule is CN(C)c1ncccc1NCc1cc(-c2cccs2)cs1. The van der Waals surface area contributed by atoms with Crippen molar-refractivity contribution in [1.82, 2.24) is 4.98 Å². The topological polar surface area (TPSA) is 28.2 Å². The molecule has 0 aromatic carbocycles. The minimum Gasteiger partial charge on any atom is -0.377 e. The van der Waals surface area contributed by atoms with Gasteiger partial charge in [0.1, 0.15) is 0 Å². The third-order valence-electron chi connectivity index (χ3n) is 3.12. The standard InChI is InChI=1S/C16H17N3S2/c1-19(2)16-14(5-3-7-17-16)18-10-13-9-12(11-21-13)15-6-4-8-20-15/h3-9,11,18H,10H2,1-2H3. The molecule has 3 heterocycles. The number of hydrogen-bond acceptors (Lipinski definition) is 5. The van der Waals surface area contributed by atoms with Crippen LogP contribution in [0.4, 0.5) is 11.5 Å². The fourth-order valence-corrected chi connectivity index (χ4v) is 3.73. The van der Waals surface area contributed by atoms with Gasteiger partial charge < -0.3 is 10.2 Å². The molecular formula is C16H17N3S2. The summed E-state index contributed by atoms with van der Waals surface area (Å²) in [6.45, 7) is 0.822. The molecule has 0 spiro atoms. The molecule has 0 atom stereocenters. The Hall–Kier alpha value is -1.85. The van der Waals surface area contributed by atoms with Gasteiger partial charge in [-0.1, -0.05) is 6.07 Å². The van der Waals surface area contributed by atoms with Crippen LogP contribution in [0.5, 0.6) is 0 Å². The van der Waals surface area contributed by atoms with Crippen molar-refractivity contribution < 1.29 is 0 Å². The van der Waals surface area contributed by atoms with Crippen LogP contribution >= 0.6 is 22.7 Å². The van der Waals surface area contributed by atoms with Gasteiger partial charge >= 0.3 is 0 Å². The van der Waals surface area contributed by atoms with Gasteiger partial charge in [0.15, 0.2) is 5.82 Å². The van der Waals surface area contributed by atoms with E-state index in [1.165, 1.54) is 15.3 Å². The lowest BCUT2D eigenvalue weighted by molar-refractivity contribution is 1.05. The zero-order valence-electron chi connectivity index (χ0n) is 12.0. The number of nitrogens with zero attached hydrogens (tertiary/aromatic N) is 2. The highest BCUT2D eigenvalue weighted by Crippen LogP contribution is 2.30. The van der Waals surface area contributed by atoms with Gasteiger partial charge in [0, 0.05) is 42.2 Å². The number of anilines is 2. The Kier molecular flexibility index (Phi) is 4.22. The van der Waals surface area contributed by atoms with E-state index in [-0.39, 0.29) is 0 Å². The van der Waals surface area contributed by atoms with Crippen LogP contribution in [0.25, 0.3) is 10.4 Å². The van der Waals surface area contributed by atoms with Gasteiger partial charge in [0.05, 0.1) is 5.69 Å². The van der Waals surface area contributed by atoms with Crippen LogP contribution in [0.15, 0.2) is 47.3 Å². The van der Waals surface area contributed by atoms with E-state index in [1.54, 1.807) is 22.7 Å². The van der Waals surface area contributed by atoms with E-state index in [4.69, 9.17) is 0 Å². The molecule has 3 aromatic heterocycles. The van der Waals surface area contributed by atoms with E-state index in [9.17, 15) is 0 Å². The van der Waals surface area contributed by atoms with Crippen LogP contribution in [0.3, 0.4) is 0 Å². The van der Waals surface area contributed by atoms with Gasteiger partial charge in [0.25, 0.3) is 0 Å². The maximum atomic E-state index is 4.40. The average Bonchev–Trinajstić information content (AvgIpc) is 3.16. The largest absolute Gasteiger partial charge is 0.377 e. The van der Waals surface area contributed by atoms with Crippen LogP contribution in [-0.2, 0) is 6.54 Å². The molecule has 0 aliphatic rings. The second-order valence-electron chi connectivity index (χ2n) is 4.90. The van der Waals surface area contributed by atoms with Crippen molar-refractivity contribution in [2.45, 2.75) is 6.54 Å². The summed E-state index contributed by atoms with van der Waals surface area (Å²) in [6.07, 6.45) is 1.82. The molecule has 1 N–H and O–H groups in total. The first-order chi connectivity index (χ1) is 10.2. The molecule has 0 saturated carbocycles. The van der Waals surface area contributed by atoms with E-state index >= 15 is 0 Å². The molecule has 3 rings (SSSR count). The van der Waals surface area contributed by atoms with Gasteiger partial charge in [-0.3, -0.25) is 0 Å². The first-order valence-corrected chi connectivity index (χ1v) is 8.47. The Bertz CT molecular complexity index is 702. The van der Waals surface area contributed by atoms with Crippen LogP contribution in [0.1, 0.15) is 4.88 Å². The molecular weight excluding hydrogens is 298 g/mol. The molecule has 0 fully saturated rings. The van der Waals surface area contributed by atoms with E-state index in [0.717, 1.165) is 18.1 Å². The molecule has 0 aliphatic carbocycles. The normalized spacial score (nSPS) is 10.6. The van der Waals surface area contributed by atoms with Crippen LogP contribution in [0, 0.1) is 0 Å². The third-order valence-corrected chi connectivity index (χ3v) is 4.98. The molecule has 0 aliphatic heterocycles. The highest BCUT2D eigenvalue weighted by atomic mass is 32.1. The number of hydrogen-bond donors (Lipinski definition) is 1. The van der Waals surface area contributed by atoms with Crippen molar-refractivity contribution in [2.24, 2.45) is 0 Å². The molecule has 0 amide bonds. The second kappa shape index (κ2) is 6.28. The first kappa shape index (κ1) is 14.1. The van der Waals surface area contributed by atoms with Gasteiger partial charge in [-0.05, 0) is 35.0 Å². The van der Waals surface area contributed by atoms with Crippen molar-refractivity contribution in [3.8, 4) is 10.4 Å². The monoisotopic (exact) mass is 315 g/mol. The number of rotatable bonds is 5. The van der Waals surface area contributed by atoms with Crippen LogP contribution in [-0.4, -0.2) is 19.1 Å².